The predicted octanol–water partition coefficient (Wildman–Crippen LogP) is 3.44. The van der Waals surface area contributed by atoms with Gasteiger partial charge in [0.15, 0.2) is 0 Å². The molecule has 0 radical (unpaired) electrons. The number of piperidine rings is 1. The van der Waals surface area contributed by atoms with Crippen molar-refractivity contribution in [1.29, 1.82) is 0 Å². The van der Waals surface area contributed by atoms with Crippen LogP contribution in [0.2, 0.25) is 0 Å². The lowest BCUT2D eigenvalue weighted by Gasteiger charge is -2.32. The van der Waals surface area contributed by atoms with E-state index in [2.05, 4.69) is 10.3 Å². The Balaban J connectivity index is 0.00000147. The summed E-state index contributed by atoms with van der Waals surface area (Å²) in [6.45, 7) is 0.453. The standard InChI is InChI=1S/C15H16F2N2.ClH/c16-15(17)10-18-8-6-13(15)9-12-4-1-3-11-5-2-7-19-14(11)12;/h1-5,7,13,18H,6,8-10H2;1H. The van der Waals surface area contributed by atoms with Crippen molar-refractivity contribution in [1.82, 2.24) is 10.3 Å². The second-order valence-corrected chi connectivity index (χ2v) is 5.12. The highest BCUT2D eigenvalue weighted by molar-refractivity contribution is 5.85. The molecule has 1 aliphatic heterocycles. The summed E-state index contributed by atoms with van der Waals surface area (Å²) in [6, 6.07) is 9.62. The van der Waals surface area contributed by atoms with Gasteiger partial charge in [-0.3, -0.25) is 4.98 Å². The molecule has 1 unspecified atom stereocenters. The van der Waals surface area contributed by atoms with Gasteiger partial charge in [0.1, 0.15) is 0 Å². The van der Waals surface area contributed by atoms with E-state index in [1.54, 1.807) is 6.20 Å². The van der Waals surface area contributed by atoms with Crippen LogP contribution >= 0.6 is 12.4 Å². The number of aromatic nitrogens is 1. The van der Waals surface area contributed by atoms with Crippen LogP contribution in [0.3, 0.4) is 0 Å². The first-order chi connectivity index (χ1) is 9.17. The minimum atomic E-state index is -2.63. The molecule has 2 nitrogen and oxygen atoms in total. The summed E-state index contributed by atoms with van der Waals surface area (Å²) < 4.78 is 27.7. The van der Waals surface area contributed by atoms with Crippen molar-refractivity contribution in [3.63, 3.8) is 0 Å². The number of nitrogens with one attached hydrogen (secondary N) is 1. The molecule has 0 saturated carbocycles. The van der Waals surface area contributed by atoms with E-state index in [1.807, 2.05) is 30.3 Å². The minimum Gasteiger partial charge on any atom is -0.311 e. The van der Waals surface area contributed by atoms with Gasteiger partial charge in [0, 0.05) is 17.5 Å². The molecular weight excluding hydrogens is 282 g/mol. The van der Waals surface area contributed by atoms with E-state index in [4.69, 9.17) is 0 Å². The molecule has 1 aromatic heterocycles. The zero-order valence-electron chi connectivity index (χ0n) is 11.0. The van der Waals surface area contributed by atoms with Gasteiger partial charge in [-0.15, -0.1) is 12.4 Å². The van der Waals surface area contributed by atoms with E-state index < -0.39 is 11.8 Å². The van der Waals surface area contributed by atoms with Crippen molar-refractivity contribution in [2.75, 3.05) is 13.1 Å². The van der Waals surface area contributed by atoms with Gasteiger partial charge in [0.05, 0.1) is 12.1 Å². The number of pyridine rings is 1. The first-order valence-corrected chi connectivity index (χ1v) is 6.58. The molecule has 108 valence electrons. The first kappa shape index (κ1) is 15.1. The lowest BCUT2D eigenvalue weighted by Crippen LogP contribution is -2.46. The number of para-hydroxylation sites is 1. The van der Waals surface area contributed by atoms with E-state index in [0.717, 1.165) is 16.5 Å². The molecule has 1 N–H and O–H groups in total. The number of hydrogen-bond donors (Lipinski definition) is 1. The molecular formula is C15H17ClF2N2. The summed E-state index contributed by atoms with van der Waals surface area (Å²) in [4.78, 5) is 4.33. The normalized spacial score (nSPS) is 21.4. The molecule has 0 aliphatic carbocycles. The summed E-state index contributed by atoms with van der Waals surface area (Å²) in [5.41, 5.74) is 1.77. The molecule has 1 saturated heterocycles. The molecule has 1 aliphatic rings. The fourth-order valence-electron chi connectivity index (χ4n) is 2.74. The zero-order valence-corrected chi connectivity index (χ0v) is 11.8. The average Bonchev–Trinajstić information content (AvgIpc) is 2.41. The summed E-state index contributed by atoms with van der Waals surface area (Å²) in [5.74, 6) is -3.23. The van der Waals surface area contributed by atoms with Crippen molar-refractivity contribution in [2.45, 2.75) is 18.8 Å². The van der Waals surface area contributed by atoms with Crippen LogP contribution in [0.15, 0.2) is 36.5 Å². The van der Waals surface area contributed by atoms with Gasteiger partial charge in [0.2, 0.25) is 0 Å². The summed E-state index contributed by atoms with van der Waals surface area (Å²) in [5, 5.41) is 3.77. The van der Waals surface area contributed by atoms with Gasteiger partial charge in [0.25, 0.3) is 5.92 Å². The molecule has 0 amide bonds. The van der Waals surface area contributed by atoms with Crippen LogP contribution in [0.25, 0.3) is 10.9 Å². The number of hydrogen-bond acceptors (Lipinski definition) is 2. The van der Waals surface area contributed by atoms with Gasteiger partial charge < -0.3 is 5.32 Å². The number of alkyl halides is 2. The Morgan fingerprint density at radius 2 is 2.05 bits per heavy atom. The van der Waals surface area contributed by atoms with Crippen molar-refractivity contribution in [3.8, 4) is 0 Å². The maximum absolute atomic E-state index is 13.9. The van der Waals surface area contributed by atoms with Gasteiger partial charge in [-0.1, -0.05) is 24.3 Å². The minimum absolute atomic E-state index is 0. The maximum atomic E-state index is 13.9. The monoisotopic (exact) mass is 298 g/mol. The van der Waals surface area contributed by atoms with Crippen LogP contribution in [-0.4, -0.2) is 24.0 Å². The second-order valence-electron chi connectivity index (χ2n) is 5.12. The number of fused-ring (bicyclic) bond motifs is 1. The molecule has 0 bridgehead atoms. The van der Waals surface area contributed by atoms with Crippen LogP contribution in [0.4, 0.5) is 8.78 Å². The molecule has 3 rings (SSSR count). The van der Waals surface area contributed by atoms with Crippen LogP contribution in [0, 0.1) is 5.92 Å². The highest BCUT2D eigenvalue weighted by Crippen LogP contribution is 2.33. The van der Waals surface area contributed by atoms with Crippen LogP contribution in [0.5, 0.6) is 0 Å². The summed E-state index contributed by atoms with van der Waals surface area (Å²) in [6.07, 6.45) is 2.62. The Bertz CT molecular complexity index is 584. The molecule has 1 aromatic carbocycles. The summed E-state index contributed by atoms with van der Waals surface area (Å²) in [7, 11) is 0. The third-order valence-corrected chi connectivity index (χ3v) is 3.81. The van der Waals surface area contributed by atoms with Gasteiger partial charge in [-0.25, -0.2) is 8.78 Å². The largest absolute Gasteiger partial charge is 0.311 e. The van der Waals surface area contributed by atoms with E-state index in [1.165, 1.54) is 0 Å². The Labute approximate surface area is 123 Å². The smallest absolute Gasteiger partial charge is 0.263 e. The third-order valence-electron chi connectivity index (χ3n) is 3.81. The van der Waals surface area contributed by atoms with Gasteiger partial charge in [-0.2, -0.15) is 0 Å². The molecule has 2 aromatic rings. The Hall–Kier alpha value is -1.26. The molecule has 5 heteroatoms. The van der Waals surface area contributed by atoms with E-state index in [-0.39, 0.29) is 19.0 Å². The quantitative estimate of drug-likeness (QED) is 0.918. The lowest BCUT2D eigenvalue weighted by molar-refractivity contribution is -0.0726. The molecule has 0 spiro atoms. The maximum Gasteiger partial charge on any atom is 0.263 e. The van der Waals surface area contributed by atoms with E-state index in [0.29, 0.717) is 19.4 Å². The summed E-state index contributed by atoms with van der Waals surface area (Å²) >= 11 is 0. The zero-order chi connectivity index (χ0) is 13.3. The average molecular weight is 299 g/mol. The fraction of sp³-hybridized carbons (Fsp3) is 0.400. The Kier molecular flexibility index (Phi) is 4.55. The Morgan fingerprint density at radius 1 is 1.25 bits per heavy atom. The van der Waals surface area contributed by atoms with Gasteiger partial charge in [-0.05, 0) is 31.0 Å². The number of benzene rings is 1. The predicted molar refractivity (Wildman–Crippen MR) is 78.6 cm³/mol. The molecule has 1 fully saturated rings. The van der Waals surface area contributed by atoms with Crippen LogP contribution in [-0.2, 0) is 6.42 Å². The highest BCUT2D eigenvalue weighted by Gasteiger charge is 2.41. The highest BCUT2D eigenvalue weighted by atomic mass is 35.5. The van der Waals surface area contributed by atoms with E-state index in [9.17, 15) is 8.78 Å². The van der Waals surface area contributed by atoms with Crippen molar-refractivity contribution < 1.29 is 8.78 Å². The SMILES string of the molecule is Cl.FC1(F)CNCCC1Cc1cccc2cccnc12. The third kappa shape index (κ3) is 2.91. The molecule has 2 heterocycles. The van der Waals surface area contributed by atoms with Crippen molar-refractivity contribution in [3.05, 3.63) is 42.1 Å². The number of rotatable bonds is 2. The van der Waals surface area contributed by atoms with Crippen LogP contribution in [0.1, 0.15) is 12.0 Å². The van der Waals surface area contributed by atoms with Gasteiger partial charge >= 0.3 is 0 Å². The number of halogens is 3. The van der Waals surface area contributed by atoms with Crippen LogP contribution < -0.4 is 5.32 Å². The molecule has 20 heavy (non-hydrogen) atoms. The fourth-order valence-corrected chi connectivity index (χ4v) is 2.74. The number of nitrogens with zero attached hydrogens (tertiary/aromatic N) is 1. The topological polar surface area (TPSA) is 24.9 Å². The van der Waals surface area contributed by atoms with E-state index >= 15 is 0 Å². The molecule has 1 atom stereocenters. The van der Waals surface area contributed by atoms with Crippen molar-refractivity contribution >= 4 is 23.3 Å². The first-order valence-electron chi connectivity index (χ1n) is 6.58. The lowest BCUT2D eigenvalue weighted by atomic mass is 9.87. The van der Waals surface area contributed by atoms with Crippen molar-refractivity contribution in [2.24, 2.45) is 5.92 Å². The Morgan fingerprint density at radius 3 is 2.85 bits per heavy atom. The second kappa shape index (κ2) is 6.02.